The van der Waals surface area contributed by atoms with Gasteiger partial charge in [-0.3, -0.25) is 0 Å². The highest BCUT2D eigenvalue weighted by atomic mass is 31.1. The van der Waals surface area contributed by atoms with Crippen LogP contribution in [0.15, 0.2) is 42.5 Å². The zero-order chi connectivity index (χ0) is 12.3. The molecule has 0 saturated heterocycles. The van der Waals surface area contributed by atoms with Crippen LogP contribution in [0.3, 0.4) is 0 Å². The van der Waals surface area contributed by atoms with Gasteiger partial charge in [0.1, 0.15) is 5.75 Å². The van der Waals surface area contributed by atoms with Gasteiger partial charge in [0.05, 0.1) is 0 Å². The lowest BCUT2D eigenvalue weighted by molar-refractivity contribution is 0.480. The fourth-order valence-corrected chi connectivity index (χ4v) is 2.78. The summed E-state index contributed by atoms with van der Waals surface area (Å²) in [5.41, 5.74) is 2.07. The first-order valence-electron chi connectivity index (χ1n) is 5.37. The van der Waals surface area contributed by atoms with Crippen molar-refractivity contribution < 1.29 is 5.11 Å². The summed E-state index contributed by atoms with van der Waals surface area (Å²) in [6.07, 6.45) is 1.37. The van der Waals surface area contributed by atoms with Crippen molar-refractivity contribution in [2.45, 2.75) is 6.92 Å². The smallest absolute Gasteiger partial charge is 0.123 e. The Balaban J connectivity index is 2.36. The molecule has 0 spiro atoms. The van der Waals surface area contributed by atoms with Gasteiger partial charge in [-0.05, 0) is 29.9 Å². The van der Waals surface area contributed by atoms with Gasteiger partial charge in [0.15, 0.2) is 0 Å². The fraction of sp³-hybridized carbons (Fsp3) is 0.0714. The SMILES string of the molecule is Cc1ccc(Pc2ccccc2O)c(C=N)c1. The Morgan fingerprint density at radius 1 is 1.12 bits per heavy atom. The van der Waals surface area contributed by atoms with E-state index in [1.165, 1.54) is 6.21 Å². The first kappa shape index (κ1) is 11.8. The Labute approximate surface area is 103 Å². The van der Waals surface area contributed by atoms with Crippen molar-refractivity contribution in [3.8, 4) is 5.75 Å². The molecular weight excluding hydrogens is 229 g/mol. The Kier molecular flexibility index (Phi) is 3.55. The van der Waals surface area contributed by atoms with E-state index < -0.39 is 0 Å². The number of para-hydroxylation sites is 1. The third kappa shape index (κ3) is 2.72. The maximum Gasteiger partial charge on any atom is 0.123 e. The first-order valence-corrected chi connectivity index (χ1v) is 6.37. The quantitative estimate of drug-likeness (QED) is 0.630. The van der Waals surface area contributed by atoms with Crippen LogP contribution in [0.25, 0.3) is 0 Å². The van der Waals surface area contributed by atoms with Gasteiger partial charge in [0.25, 0.3) is 0 Å². The van der Waals surface area contributed by atoms with Crippen LogP contribution >= 0.6 is 8.58 Å². The summed E-state index contributed by atoms with van der Waals surface area (Å²) in [6, 6.07) is 13.4. The van der Waals surface area contributed by atoms with Gasteiger partial charge < -0.3 is 10.5 Å². The molecule has 1 atom stereocenters. The molecule has 2 aromatic rings. The van der Waals surface area contributed by atoms with Crippen LogP contribution in [0.2, 0.25) is 0 Å². The molecule has 2 nitrogen and oxygen atoms in total. The minimum Gasteiger partial charge on any atom is -0.507 e. The van der Waals surface area contributed by atoms with E-state index in [1.54, 1.807) is 6.07 Å². The zero-order valence-electron chi connectivity index (χ0n) is 9.57. The standard InChI is InChI=1S/C14H14NOP/c1-10-6-7-13(11(8-10)9-15)17-14-5-3-2-4-12(14)16/h2-9,15-17H,1H3. The van der Waals surface area contributed by atoms with E-state index in [9.17, 15) is 5.11 Å². The first-order chi connectivity index (χ1) is 8.20. The zero-order valence-corrected chi connectivity index (χ0v) is 10.6. The summed E-state index contributed by atoms with van der Waals surface area (Å²) >= 11 is 0. The van der Waals surface area contributed by atoms with E-state index in [0.717, 1.165) is 21.7 Å². The topological polar surface area (TPSA) is 44.1 Å². The van der Waals surface area contributed by atoms with Gasteiger partial charge >= 0.3 is 0 Å². The van der Waals surface area contributed by atoms with Crippen molar-refractivity contribution in [1.29, 1.82) is 5.41 Å². The molecule has 2 rings (SSSR count). The van der Waals surface area contributed by atoms with Gasteiger partial charge in [0, 0.05) is 11.5 Å². The van der Waals surface area contributed by atoms with Gasteiger partial charge in [0.2, 0.25) is 0 Å². The van der Waals surface area contributed by atoms with Crippen molar-refractivity contribution in [1.82, 2.24) is 0 Å². The van der Waals surface area contributed by atoms with E-state index in [4.69, 9.17) is 5.41 Å². The molecule has 0 amide bonds. The van der Waals surface area contributed by atoms with Crippen LogP contribution in [-0.2, 0) is 0 Å². The van der Waals surface area contributed by atoms with Crippen molar-refractivity contribution in [3.05, 3.63) is 53.6 Å². The summed E-state index contributed by atoms with van der Waals surface area (Å²) in [4.78, 5) is 0. The second-order valence-corrected chi connectivity index (χ2v) is 5.20. The Hall–Kier alpha value is -1.66. The second kappa shape index (κ2) is 5.11. The molecule has 0 bridgehead atoms. The van der Waals surface area contributed by atoms with E-state index in [0.29, 0.717) is 14.3 Å². The van der Waals surface area contributed by atoms with E-state index in [-0.39, 0.29) is 0 Å². The summed E-state index contributed by atoms with van der Waals surface area (Å²) < 4.78 is 0. The number of hydrogen-bond donors (Lipinski definition) is 2. The van der Waals surface area contributed by atoms with Crippen LogP contribution in [0.1, 0.15) is 11.1 Å². The number of benzene rings is 2. The Morgan fingerprint density at radius 3 is 2.59 bits per heavy atom. The maximum atomic E-state index is 9.74. The summed E-state index contributed by atoms with van der Waals surface area (Å²) in [5, 5.41) is 19.2. The highest BCUT2D eigenvalue weighted by molar-refractivity contribution is 7.56. The number of hydrogen-bond acceptors (Lipinski definition) is 2. The maximum absolute atomic E-state index is 9.74. The Bertz CT molecular complexity index is 552. The molecule has 2 N–H and O–H groups in total. The molecule has 0 heterocycles. The molecule has 0 aromatic heterocycles. The lowest BCUT2D eigenvalue weighted by Crippen LogP contribution is -2.09. The average Bonchev–Trinajstić information content (AvgIpc) is 2.34. The molecule has 1 unspecified atom stereocenters. The summed E-state index contributed by atoms with van der Waals surface area (Å²) in [6.45, 7) is 2.01. The highest BCUT2D eigenvalue weighted by Gasteiger charge is 2.05. The average molecular weight is 243 g/mol. The fourth-order valence-electron chi connectivity index (χ4n) is 1.64. The van der Waals surface area contributed by atoms with Gasteiger partial charge in [-0.1, -0.05) is 44.5 Å². The lowest BCUT2D eigenvalue weighted by atomic mass is 10.1. The molecule has 0 fully saturated rings. The van der Waals surface area contributed by atoms with E-state index in [1.807, 2.05) is 43.3 Å². The summed E-state index contributed by atoms with van der Waals surface area (Å²) in [5.74, 6) is 0.322. The number of nitrogens with one attached hydrogen (secondary N) is 1. The van der Waals surface area contributed by atoms with Crippen LogP contribution in [0, 0.1) is 12.3 Å². The number of aryl methyl sites for hydroxylation is 1. The minimum atomic E-state index is 0.322. The number of phenolic OH excluding ortho intramolecular Hbond substituents is 1. The molecule has 0 radical (unpaired) electrons. The van der Waals surface area contributed by atoms with Crippen molar-refractivity contribution >= 4 is 25.4 Å². The summed E-state index contributed by atoms with van der Waals surface area (Å²) in [7, 11) is 0.376. The molecule has 0 saturated carbocycles. The third-order valence-corrected chi connectivity index (χ3v) is 3.95. The lowest BCUT2D eigenvalue weighted by Gasteiger charge is -2.08. The number of rotatable bonds is 3. The Morgan fingerprint density at radius 2 is 1.88 bits per heavy atom. The van der Waals surface area contributed by atoms with Crippen molar-refractivity contribution in [3.63, 3.8) is 0 Å². The molecule has 0 aliphatic rings. The van der Waals surface area contributed by atoms with Crippen LogP contribution < -0.4 is 10.6 Å². The van der Waals surface area contributed by atoms with E-state index in [2.05, 4.69) is 0 Å². The molecule has 0 aliphatic heterocycles. The van der Waals surface area contributed by atoms with Gasteiger partial charge in [-0.25, -0.2) is 0 Å². The van der Waals surface area contributed by atoms with E-state index >= 15 is 0 Å². The largest absolute Gasteiger partial charge is 0.507 e. The molecule has 86 valence electrons. The highest BCUT2D eigenvalue weighted by Crippen LogP contribution is 2.19. The minimum absolute atomic E-state index is 0.322. The monoisotopic (exact) mass is 243 g/mol. The third-order valence-electron chi connectivity index (χ3n) is 2.54. The van der Waals surface area contributed by atoms with Crippen LogP contribution in [0.4, 0.5) is 0 Å². The normalized spacial score (nSPS) is 10.9. The molecule has 3 heteroatoms. The molecule has 2 aromatic carbocycles. The second-order valence-electron chi connectivity index (χ2n) is 3.88. The predicted molar refractivity (Wildman–Crippen MR) is 74.8 cm³/mol. The molecule has 0 aliphatic carbocycles. The number of phenols is 1. The van der Waals surface area contributed by atoms with Gasteiger partial charge in [-0.15, -0.1) is 0 Å². The molecule has 17 heavy (non-hydrogen) atoms. The van der Waals surface area contributed by atoms with Crippen LogP contribution in [0.5, 0.6) is 5.75 Å². The van der Waals surface area contributed by atoms with Crippen LogP contribution in [-0.4, -0.2) is 11.3 Å². The molecular formula is C14H14NOP. The van der Waals surface area contributed by atoms with Gasteiger partial charge in [-0.2, -0.15) is 0 Å². The number of aromatic hydroxyl groups is 1. The van der Waals surface area contributed by atoms with Crippen molar-refractivity contribution in [2.24, 2.45) is 0 Å². The predicted octanol–water partition coefficient (Wildman–Crippen LogP) is 2.33. The van der Waals surface area contributed by atoms with Crippen molar-refractivity contribution in [2.75, 3.05) is 0 Å².